The van der Waals surface area contributed by atoms with E-state index in [2.05, 4.69) is 5.32 Å². The first-order valence-corrected chi connectivity index (χ1v) is 5.84. The summed E-state index contributed by atoms with van der Waals surface area (Å²) < 4.78 is 13.6. The molecule has 1 N–H and O–H groups in total. The Hall–Kier alpha value is -2.43. The zero-order valence-corrected chi connectivity index (χ0v) is 10.1. The van der Waals surface area contributed by atoms with Crippen molar-refractivity contribution in [2.24, 2.45) is 0 Å². The fraction of sp³-hybridized carbons (Fsp3) is 0.143. The van der Waals surface area contributed by atoms with Gasteiger partial charge in [0.05, 0.1) is 5.69 Å². The second-order valence-electron chi connectivity index (χ2n) is 4.10. The Bertz CT molecular complexity index is 560. The summed E-state index contributed by atoms with van der Waals surface area (Å²) in [7, 11) is 0. The van der Waals surface area contributed by atoms with Crippen LogP contribution in [0.2, 0.25) is 0 Å². The zero-order chi connectivity index (χ0) is 13.7. The third kappa shape index (κ3) is 3.51. The van der Waals surface area contributed by atoms with Gasteiger partial charge in [-0.3, -0.25) is 10.1 Å². The lowest BCUT2D eigenvalue weighted by atomic mass is 10.1. The average Bonchev–Trinajstić information content (AvgIpc) is 2.41. The van der Waals surface area contributed by atoms with Gasteiger partial charge in [0.25, 0.3) is 0 Å². The van der Waals surface area contributed by atoms with Gasteiger partial charge in [-0.1, -0.05) is 42.5 Å². The van der Waals surface area contributed by atoms with Crippen molar-refractivity contribution in [3.05, 3.63) is 76.1 Å². The molecule has 0 saturated heterocycles. The minimum absolute atomic E-state index is 0.262. The number of benzene rings is 2. The van der Waals surface area contributed by atoms with Gasteiger partial charge in [-0.2, -0.15) is 0 Å². The summed E-state index contributed by atoms with van der Waals surface area (Å²) in [6.45, 7) is -0.307. The summed E-state index contributed by atoms with van der Waals surface area (Å²) in [5, 5.41) is 13.6. The molecule has 0 radical (unpaired) electrons. The maximum absolute atomic E-state index is 13.6. The lowest BCUT2D eigenvalue weighted by molar-refractivity contribution is -0.482. The number of anilines is 1. The Kier molecular flexibility index (Phi) is 4.07. The Balaban J connectivity index is 2.24. The molecule has 0 spiro atoms. The molecule has 1 unspecified atom stereocenters. The van der Waals surface area contributed by atoms with E-state index in [1.54, 1.807) is 42.5 Å². The van der Waals surface area contributed by atoms with Crippen molar-refractivity contribution in [2.45, 2.75) is 6.04 Å². The van der Waals surface area contributed by atoms with E-state index in [1.165, 1.54) is 6.07 Å². The monoisotopic (exact) mass is 260 g/mol. The van der Waals surface area contributed by atoms with Crippen LogP contribution in [0, 0.1) is 15.9 Å². The van der Waals surface area contributed by atoms with E-state index in [9.17, 15) is 14.5 Å². The predicted molar refractivity (Wildman–Crippen MR) is 71.1 cm³/mol. The van der Waals surface area contributed by atoms with Crippen LogP contribution in [0.25, 0.3) is 0 Å². The highest BCUT2D eigenvalue weighted by Gasteiger charge is 2.18. The molecule has 0 amide bonds. The number of nitrogens with zero attached hydrogens (tertiary/aromatic N) is 1. The molecule has 0 heterocycles. The van der Waals surface area contributed by atoms with Crippen LogP contribution in [-0.4, -0.2) is 11.5 Å². The van der Waals surface area contributed by atoms with Crippen molar-refractivity contribution in [3.8, 4) is 0 Å². The van der Waals surface area contributed by atoms with Crippen LogP contribution in [0.1, 0.15) is 11.6 Å². The minimum atomic E-state index is -0.562. The lowest BCUT2D eigenvalue weighted by Gasteiger charge is -2.17. The number of hydrogen-bond acceptors (Lipinski definition) is 3. The first kappa shape index (κ1) is 13.0. The van der Waals surface area contributed by atoms with E-state index in [0.29, 0.717) is 0 Å². The number of para-hydroxylation sites is 1. The third-order valence-electron chi connectivity index (χ3n) is 2.74. The molecule has 0 saturated carbocycles. The number of rotatable bonds is 5. The van der Waals surface area contributed by atoms with Crippen molar-refractivity contribution in [1.82, 2.24) is 0 Å². The van der Waals surface area contributed by atoms with Gasteiger partial charge in [-0.15, -0.1) is 0 Å². The maximum Gasteiger partial charge on any atom is 0.227 e. The van der Waals surface area contributed by atoms with Gasteiger partial charge in [0, 0.05) is 4.92 Å². The second-order valence-corrected chi connectivity index (χ2v) is 4.10. The van der Waals surface area contributed by atoms with Gasteiger partial charge in [0.15, 0.2) is 0 Å². The topological polar surface area (TPSA) is 55.2 Å². The van der Waals surface area contributed by atoms with Gasteiger partial charge < -0.3 is 5.32 Å². The average molecular weight is 260 g/mol. The Labute approximate surface area is 110 Å². The molecule has 0 aliphatic carbocycles. The van der Waals surface area contributed by atoms with Gasteiger partial charge in [0.2, 0.25) is 6.54 Å². The minimum Gasteiger partial charge on any atom is -0.370 e. The smallest absolute Gasteiger partial charge is 0.227 e. The summed E-state index contributed by atoms with van der Waals surface area (Å²) in [6, 6.07) is 14.6. The zero-order valence-electron chi connectivity index (χ0n) is 10.1. The summed E-state index contributed by atoms with van der Waals surface area (Å²) in [5.41, 5.74) is 1.01. The van der Waals surface area contributed by atoms with Crippen LogP contribution in [-0.2, 0) is 0 Å². The highest BCUT2D eigenvalue weighted by atomic mass is 19.1. The molecule has 0 aromatic heterocycles. The molecule has 2 rings (SSSR count). The first-order chi connectivity index (χ1) is 9.16. The van der Waals surface area contributed by atoms with Crippen molar-refractivity contribution in [2.75, 3.05) is 11.9 Å². The van der Waals surface area contributed by atoms with E-state index >= 15 is 0 Å². The van der Waals surface area contributed by atoms with E-state index in [-0.39, 0.29) is 12.2 Å². The van der Waals surface area contributed by atoms with Crippen LogP contribution < -0.4 is 5.32 Å². The Morgan fingerprint density at radius 2 is 1.74 bits per heavy atom. The summed E-state index contributed by atoms with van der Waals surface area (Å²) in [4.78, 5) is 10.3. The molecule has 19 heavy (non-hydrogen) atoms. The van der Waals surface area contributed by atoms with Gasteiger partial charge in [-0.05, 0) is 17.7 Å². The summed E-state index contributed by atoms with van der Waals surface area (Å²) >= 11 is 0. The van der Waals surface area contributed by atoms with E-state index in [1.807, 2.05) is 6.07 Å². The second kappa shape index (κ2) is 5.95. The number of halogens is 1. The molecular weight excluding hydrogens is 247 g/mol. The summed E-state index contributed by atoms with van der Waals surface area (Å²) in [6.07, 6.45) is 0. The van der Waals surface area contributed by atoms with E-state index in [0.717, 1.165) is 5.56 Å². The highest BCUT2D eigenvalue weighted by Crippen LogP contribution is 2.21. The van der Waals surface area contributed by atoms with Gasteiger partial charge in [0.1, 0.15) is 11.9 Å². The summed E-state index contributed by atoms with van der Waals surface area (Å²) in [5.74, 6) is -0.424. The Morgan fingerprint density at radius 3 is 2.37 bits per heavy atom. The van der Waals surface area contributed by atoms with Crippen molar-refractivity contribution >= 4 is 5.69 Å². The normalized spacial score (nSPS) is 11.8. The molecule has 98 valence electrons. The largest absolute Gasteiger partial charge is 0.370 e. The molecule has 0 fully saturated rings. The first-order valence-electron chi connectivity index (χ1n) is 5.84. The Morgan fingerprint density at radius 1 is 1.11 bits per heavy atom. The molecule has 2 aromatic rings. The predicted octanol–water partition coefficient (Wildman–Crippen LogP) is 3.26. The molecule has 0 aliphatic rings. The van der Waals surface area contributed by atoms with Crippen molar-refractivity contribution in [1.29, 1.82) is 0 Å². The van der Waals surface area contributed by atoms with Crippen LogP contribution >= 0.6 is 0 Å². The van der Waals surface area contributed by atoms with Crippen LogP contribution in [0.5, 0.6) is 0 Å². The molecule has 1 atom stereocenters. The molecule has 5 heteroatoms. The van der Waals surface area contributed by atoms with Crippen molar-refractivity contribution in [3.63, 3.8) is 0 Å². The SMILES string of the molecule is O=[N+]([O-])CC(Nc1ccccc1F)c1ccccc1. The lowest BCUT2D eigenvalue weighted by Crippen LogP contribution is -2.20. The molecule has 0 aliphatic heterocycles. The van der Waals surface area contributed by atoms with Crippen LogP contribution in [0.15, 0.2) is 54.6 Å². The van der Waals surface area contributed by atoms with Crippen molar-refractivity contribution < 1.29 is 9.31 Å². The highest BCUT2D eigenvalue weighted by molar-refractivity contribution is 5.46. The van der Waals surface area contributed by atoms with E-state index < -0.39 is 16.8 Å². The maximum atomic E-state index is 13.6. The molecule has 4 nitrogen and oxygen atoms in total. The molecule has 0 bridgehead atoms. The van der Waals surface area contributed by atoms with Gasteiger partial charge >= 0.3 is 0 Å². The number of nitro groups is 1. The van der Waals surface area contributed by atoms with Crippen LogP contribution in [0.3, 0.4) is 0 Å². The fourth-order valence-electron chi connectivity index (χ4n) is 1.83. The standard InChI is InChI=1S/C14H13FN2O2/c15-12-8-4-5-9-13(12)16-14(10-17(18)19)11-6-2-1-3-7-11/h1-9,14,16H,10H2. The molecular formula is C14H13FN2O2. The quantitative estimate of drug-likeness (QED) is 0.663. The van der Waals surface area contributed by atoms with E-state index in [4.69, 9.17) is 0 Å². The molecule has 2 aromatic carbocycles. The van der Waals surface area contributed by atoms with Crippen LogP contribution in [0.4, 0.5) is 10.1 Å². The number of nitrogens with one attached hydrogen (secondary N) is 1. The third-order valence-corrected chi connectivity index (χ3v) is 2.74. The number of hydrogen-bond donors (Lipinski definition) is 1. The fourth-order valence-corrected chi connectivity index (χ4v) is 1.83. The van der Waals surface area contributed by atoms with Gasteiger partial charge in [-0.25, -0.2) is 4.39 Å².